The topological polar surface area (TPSA) is 43.9 Å². The number of aryl methyl sites for hydroxylation is 3. The van der Waals surface area contributed by atoms with Crippen LogP contribution in [0.3, 0.4) is 0 Å². The van der Waals surface area contributed by atoms with Crippen molar-refractivity contribution in [3.05, 3.63) is 23.8 Å². The smallest absolute Gasteiger partial charge is 0.195 e. The minimum Gasteiger partial charge on any atom is -0.439 e. The lowest BCUT2D eigenvalue weighted by Gasteiger charge is -1.95. The number of halogens is 1. The van der Waals surface area contributed by atoms with Gasteiger partial charge in [0.2, 0.25) is 0 Å². The Kier molecular flexibility index (Phi) is 3.29. The average molecular weight is 240 g/mol. The molecule has 0 aliphatic heterocycles. The number of hydrogen-bond donors (Lipinski definition) is 0. The highest BCUT2D eigenvalue weighted by Gasteiger charge is 2.10. The number of nitrogens with zero attached hydrogens (tertiary/aromatic N) is 3. The van der Waals surface area contributed by atoms with Crippen LogP contribution in [-0.4, -0.2) is 20.6 Å². The van der Waals surface area contributed by atoms with Gasteiger partial charge in [-0.15, -0.1) is 11.6 Å². The first-order valence-corrected chi connectivity index (χ1v) is 5.76. The summed E-state index contributed by atoms with van der Waals surface area (Å²) in [6, 6.07) is 1.98. The highest BCUT2D eigenvalue weighted by molar-refractivity contribution is 6.17. The summed E-state index contributed by atoms with van der Waals surface area (Å²) in [5.41, 5.74) is 1.92. The van der Waals surface area contributed by atoms with Crippen LogP contribution in [0.4, 0.5) is 0 Å². The van der Waals surface area contributed by atoms with Crippen molar-refractivity contribution in [2.24, 2.45) is 7.05 Å². The molecule has 2 aromatic rings. The Labute approximate surface area is 99.2 Å². The van der Waals surface area contributed by atoms with Gasteiger partial charge in [0.05, 0.1) is 11.9 Å². The molecule has 16 heavy (non-hydrogen) atoms. The summed E-state index contributed by atoms with van der Waals surface area (Å²) in [5, 5.41) is 4.27. The summed E-state index contributed by atoms with van der Waals surface area (Å²) >= 11 is 5.62. The minimum absolute atomic E-state index is 0.628. The van der Waals surface area contributed by atoms with Gasteiger partial charge >= 0.3 is 0 Å². The van der Waals surface area contributed by atoms with Crippen LogP contribution < -0.4 is 0 Å². The molecule has 2 rings (SSSR count). The van der Waals surface area contributed by atoms with E-state index < -0.39 is 0 Å². The fourth-order valence-corrected chi connectivity index (χ4v) is 1.74. The molecule has 2 heterocycles. The number of rotatable bonds is 4. The van der Waals surface area contributed by atoms with Gasteiger partial charge in [0, 0.05) is 19.3 Å². The second-order valence-corrected chi connectivity index (χ2v) is 4.08. The van der Waals surface area contributed by atoms with Crippen LogP contribution >= 0.6 is 11.6 Å². The molecular formula is C11H14ClN3O. The van der Waals surface area contributed by atoms with Crippen molar-refractivity contribution in [3.8, 4) is 11.5 Å². The van der Waals surface area contributed by atoms with Gasteiger partial charge in [-0.25, -0.2) is 4.98 Å². The van der Waals surface area contributed by atoms with Crippen LogP contribution in [0.1, 0.15) is 18.0 Å². The quantitative estimate of drug-likeness (QED) is 0.771. The van der Waals surface area contributed by atoms with E-state index in [0.29, 0.717) is 5.88 Å². The van der Waals surface area contributed by atoms with Crippen LogP contribution in [0.25, 0.3) is 11.5 Å². The predicted molar refractivity (Wildman–Crippen MR) is 62.5 cm³/mol. The van der Waals surface area contributed by atoms with Gasteiger partial charge in [-0.05, 0) is 19.4 Å². The van der Waals surface area contributed by atoms with Crippen LogP contribution in [0, 0.1) is 6.92 Å². The molecule has 86 valence electrons. The molecule has 2 aromatic heterocycles. The second-order valence-electron chi connectivity index (χ2n) is 3.71. The first-order valence-electron chi connectivity index (χ1n) is 5.22. The van der Waals surface area contributed by atoms with Crippen LogP contribution in [0.2, 0.25) is 0 Å². The third-order valence-corrected chi connectivity index (χ3v) is 2.60. The van der Waals surface area contributed by atoms with E-state index in [2.05, 4.69) is 10.1 Å². The highest BCUT2D eigenvalue weighted by atomic mass is 35.5. The molecule has 0 unspecified atom stereocenters. The average Bonchev–Trinajstić information content (AvgIpc) is 2.82. The van der Waals surface area contributed by atoms with Gasteiger partial charge in [-0.2, -0.15) is 5.10 Å². The molecule has 0 atom stereocenters. The van der Waals surface area contributed by atoms with Gasteiger partial charge in [0.1, 0.15) is 5.69 Å². The van der Waals surface area contributed by atoms with E-state index in [0.717, 1.165) is 35.9 Å². The number of oxazole rings is 1. The monoisotopic (exact) mass is 239 g/mol. The van der Waals surface area contributed by atoms with E-state index in [-0.39, 0.29) is 0 Å². The summed E-state index contributed by atoms with van der Waals surface area (Å²) in [6.07, 6.45) is 3.40. The Morgan fingerprint density at radius 2 is 2.31 bits per heavy atom. The molecule has 0 bridgehead atoms. The zero-order chi connectivity index (χ0) is 11.5. The van der Waals surface area contributed by atoms with Gasteiger partial charge in [-0.1, -0.05) is 0 Å². The fraction of sp³-hybridized carbons (Fsp3) is 0.455. The number of alkyl halides is 1. The maximum atomic E-state index is 5.64. The molecule has 0 aliphatic rings. The molecule has 4 nitrogen and oxygen atoms in total. The van der Waals surface area contributed by atoms with Crippen molar-refractivity contribution in [1.29, 1.82) is 0 Å². The molecule has 0 radical (unpaired) electrons. The largest absolute Gasteiger partial charge is 0.439 e. The van der Waals surface area contributed by atoms with Crippen LogP contribution in [0.15, 0.2) is 16.7 Å². The highest BCUT2D eigenvalue weighted by Crippen LogP contribution is 2.21. The Morgan fingerprint density at radius 1 is 1.50 bits per heavy atom. The normalized spacial score (nSPS) is 10.9. The number of hydrogen-bond acceptors (Lipinski definition) is 3. The standard InChI is InChI=1S/C11H14ClN3O/c1-8-6-9(15(2)14-8)10-7-13-11(16-10)4-3-5-12/h6-7H,3-5H2,1-2H3. The van der Waals surface area contributed by atoms with Gasteiger partial charge in [-0.3, -0.25) is 4.68 Å². The Bertz CT molecular complexity index is 475. The van der Waals surface area contributed by atoms with E-state index in [4.69, 9.17) is 16.0 Å². The Hall–Kier alpha value is -1.29. The van der Waals surface area contributed by atoms with Crippen molar-refractivity contribution < 1.29 is 4.42 Å². The third-order valence-electron chi connectivity index (χ3n) is 2.33. The molecule has 5 heteroatoms. The lowest BCUT2D eigenvalue weighted by atomic mass is 10.3. The number of aromatic nitrogens is 3. The van der Waals surface area contributed by atoms with E-state index in [1.807, 2.05) is 20.0 Å². The molecule has 0 aromatic carbocycles. The van der Waals surface area contributed by atoms with Gasteiger partial charge in [0.15, 0.2) is 11.7 Å². The zero-order valence-corrected chi connectivity index (χ0v) is 10.2. The maximum absolute atomic E-state index is 5.64. The minimum atomic E-state index is 0.628. The van der Waals surface area contributed by atoms with Crippen molar-refractivity contribution in [1.82, 2.24) is 14.8 Å². The Balaban J connectivity index is 2.21. The second kappa shape index (κ2) is 4.70. The SMILES string of the molecule is Cc1cc(-c2cnc(CCCCl)o2)n(C)n1. The molecule has 0 fully saturated rings. The lowest BCUT2D eigenvalue weighted by molar-refractivity contribution is 0.499. The van der Waals surface area contributed by atoms with E-state index >= 15 is 0 Å². The Morgan fingerprint density at radius 3 is 2.94 bits per heavy atom. The molecular weight excluding hydrogens is 226 g/mol. The summed E-state index contributed by atoms with van der Waals surface area (Å²) in [5.74, 6) is 2.12. The first-order chi connectivity index (χ1) is 7.70. The van der Waals surface area contributed by atoms with Gasteiger partial charge in [0.25, 0.3) is 0 Å². The van der Waals surface area contributed by atoms with Crippen molar-refractivity contribution in [2.75, 3.05) is 5.88 Å². The van der Waals surface area contributed by atoms with E-state index in [1.54, 1.807) is 10.9 Å². The predicted octanol–water partition coefficient (Wildman–Crippen LogP) is 2.55. The van der Waals surface area contributed by atoms with E-state index in [9.17, 15) is 0 Å². The zero-order valence-electron chi connectivity index (χ0n) is 9.40. The van der Waals surface area contributed by atoms with Crippen LogP contribution in [0.5, 0.6) is 0 Å². The van der Waals surface area contributed by atoms with Crippen LogP contribution in [-0.2, 0) is 13.5 Å². The van der Waals surface area contributed by atoms with Crippen molar-refractivity contribution in [3.63, 3.8) is 0 Å². The van der Waals surface area contributed by atoms with Crippen molar-refractivity contribution in [2.45, 2.75) is 19.8 Å². The molecule has 0 aliphatic carbocycles. The van der Waals surface area contributed by atoms with Crippen molar-refractivity contribution >= 4 is 11.6 Å². The fourth-order valence-electron chi connectivity index (χ4n) is 1.60. The third kappa shape index (κ3) is 2.27. The maximum Gasteiger partial charge on any atom is 0.195 e. The van der Waals surface area contributed by atoms with Gasteiger partial charge < -0.3 is 4.42 Å². The summed E-state index contributed by atoms with van der Waals surface area (Å²) in [6.45, 7) is 1.95. The summed E-state index contributed by atoms with van der Waals surface area (Å²) in [4.78, 5) is 4.21. The molecule has 0 saturated heterocycles. The molecule has 0 spiro atoms. The van der Waals surface area contributed by atoms with E-state index in [1.165, 1.54) is 0 Å². The first kappa shape index (κ1) is 11.2. The summed E-state index contributed by atoms with van der Waals surface area (Å²) in [7, 11) is 1.89. The lowest BCUT2D eigenvalue weighted by Crippen LogP contribution is -1.92. The molecule has 0 N–H and O–H groups in total. The summed E-state index contributed by atoms with van der Waals surface area (Å²) < 4.78 is 7.43. The molecule has 0 amide bonds. The molecule has 0 saturated carbocycles.